The molecule has 9 nitrogen and oxygen atoms in total. The molecule has 0 bridgehead atoms. The van der Waals surface area contributed by atoms with Crippen LogP contribution in [-0.4, -0.2) is 70.6 Å². The van der Waals surface area contributed by atoms with Crippen LogP contribution in [-0.2, 0) is 4.74 Å². The predicted octanol–water partition coefficient (Wildman–Crippen LogP) is 6.82. The highest BCUT2D eigenvalue weighted by molar-refractivity contribution is 6.09. The molecule has 0 spiro atoms. The van der Waals surface area contributed by atoms with Gasteiger partial charge in [-0.25, -0.2) is 0 Å². The maximum Gasteiger partial charge on any atom is 0.258 e. The fourth-order valence-electron chi connectivity index (χ4n) is 6.38. The first-order valence-electron chi connectivity index (χ1n) is 15.9. The normalized spacial score (nSPS) is 13.8. The number of hydrogen-bond acceptors (Lipinski definition) is 4. The van der Waals surface area contributed by atoms with Crippen molar-refractivity contribution in [3.8, 4) is 5.69 Å². The molecule has 7 aromatic rings. The van der Waals surface area contributed by atoms with Crippen molar-refractivity contribution in [1.29, 1.82) is 0 Å². The first-order chi connectivity index (χ1) is 23.1. The molecule has 8 rings (SSSR count). The molecule has 0 radical (unpaired) electrons. The third-order valence-electron chi connectivity index (χ3n) is 8.99. The minimum Gasteiger partial charge on any atom is -0.379 e. The van der Waals surface area contributed by atoms with Gasteiger partial charge < -0.3 is 29.5 Å². The van der Waals surface area contributed by atoms with Gasteiger partial charge in [0.25, 0.3) is 11.8 Å². The van der Waals surface area contributed by atoms with Gasteiger partial charge in [-0.3, -0.25) is 14.5 Å². The van der Waals surface area contributed by atoms with Crippen LogP contribution in [0.4, 0.5) is 11.4 Å². The summed E-state index contributed by atoms with van der Waals surface area (Å²) < 4.78 is 7.63. The molecule has 47 heavy (non-hydrogen) atoms. The number of benzene rings is 4. The second-order valence-electron chi connectivity index (χ2n) is 11.9. The van der Waals surface area contributed by atoms with Crippen molar-refractivity contribution in [2.45, 2.75) is 0 Å². The summed E-state index contributed by atoms with van der Waals surface area (Å²) >= 11 is 0. The zero-order valence-electron chi connectivity index (χ0n) is 25.8. The van der Waals surface area contributed by atoms with E-state index >= 15 is 0 Å². The summed E-state index contributed by atoms with van der Waals surface area (Å²) in [5.74, 6) is -0.191. The summed E-state index contributed by atoms with van der Waals surface area (Å²) in [6, 6.07) is 31.4. The Hall–Kier alpha value is -5.64. The van der Waals surface area contributed by atoms with Crippen LogP contribution < -0.4 is 10.2 Å². The van der Waals surface area contributed by atoms with Crippen LogP contribution >= 0.6 is 0 Å². The van der Waals surface area contributed by atoms with Gasteiger partial charge in [-0.05, 0) is 96.4 Å². The van der Waals surface area contributed by atoms with Gasteiger partial charge >= 0.3 is 0 Å². The van der Waals surface area contributed by atoms with Gasteiger partial charge in [-0.1, -0.05) is 6.07 Å². The van der Waals surface area contributed by atoms with Gasteiger partial charge in [0.05, 0.1) is 18.7 Å². The summed E-state index contributed by atoms with van der Waals surface area (Å²) in [6.07, 6.45) is 5.80. The van der Waals surface area contributed by atoms with Crippen molar-refractivity contribution in [3.63, 3.8) is 0 Å². The number of anilines is 2. The summed E-state index contributed by atoms with van der Waals surface area (Å²) in [5.41, 5.74) is 6.76. The van der Waals surface area contributed by atoms with Crippen molar-refractivity contribution in [2.24, 2.45) is 0 Å². The average molecular weight is 623 g/mol. The molecule has 4 aromatic carbocycles. The number of ether oxygens (including phenoxy) is 1. The summed E-state index contributed by atoms with van der Waals surface area (Å²) in [6.45, 7) is 4.49. The Morgan fingerprint density at radius 1 is 0.745 bits per heavy atom. The number of rotatable bonds is 8. The lowest BCUT2D eigenvalue weighted by Crippen LogP contribution is -2.43. The number of fused-ring (bicyclic) bond motifs is 3. The fourth-order valence-corrected chi connectivity index (χ4v) is 6.38. The van der Waals surface area contributed by atoms with Gasteiger partial charge in [-0.15, -0.1) is 0 Å². The quantitative estimate of drug-likeness (QED) is 0.173. The van der Waals surface area contributed by atoms with Crippen LogP contribution in [0.25, 0.3) is 38.4 Å². The van der Waals surface area contributed by atoms with Crippen LogP contribution in [0, 0.1) is 0 Å². The van der Waals surface area contributed by atoms with Crippen molar-refractivity contribution in [2.75, 3.05) is 49.6 Å². The highest BCUT2D eigenvalue weighted by Crippen LogP contribution is 2.28. The first kappa shape index (κ1) is 28.8. The number of carbonyl (C=O) groups is 2. The molecule has 2 amide bonds. The molecule has 0 aliphatic carbocycles. The van der Waals surface area contributed by atoms with Crippen LogP contribution in [0.15, 0.2) is 116 Å². The minimum atomic E-state index is -0.165. The monoisotopic (exact) mass is 622 g/mol. The van der Waals surface area contributed by atoms with Gasteiger partial charge in [0.1, 0.15) is 0 Å². The molecule has 1 aliphatic heterocycles. The van der Waals surface area contributed by atoms with E-state index in [1.807, 2.05) is 102 Å². The van der Waals surface area contributed by atoms with E-state index in [4.69, 9.17) is 4.74 Å². The second kappa shape index (κ2) is 12.3. The first-order valence-corrected chi connectivity index (χ1v) is 15.9. The molecule has 0 unspecified atom stereocenters. The van der Waals surface area contributed by atoms with Crippen molar-refractivity contribution < 1.29 is 14.3 Å². The van der Waals surface area contributed by atoms with E-state index in [-0.39, 0.29) is 11.8 Å². The Bertz CT molecular complexity index is 2220. The Balaban J connectivity index is 1.04. The van der Waals surface area contributed by atoms with Gasteiger partial charge in [0.2, 0.25) is 0 Å². The van der Waals surface area contributed by atoms with Crippen LogP contribution in [0.3, 0.4) is 0 Å². The zero-order valence-corrected chi connectivity index (χ0v) is 25.8. The van der Waals surface area contributed by atoms with E-state index < -0.39 is 0 Å². The fraction of sp³-hybridized carbons (Fsp3) is 0.158. The number of H-pyrrole nitrogens is 2. The Labute approximate surface area is 271 Å². The van der Waals surface area contributed by atoms with Gasteiger partial charge in [0, 0.05) is 94.8 Å². The second-order valence-corrected chi connectivity index (χ2v) is 11.9. The molecular weight excluding hydrogens is 588 g/mol. The maximum absolute atomic E-state index is 14.0. The summed E-state index contributed by atoms with van der Waals surface area (Å²) in [7, 11) is 0. The van der Waals surface area contributed by atoms with Crippen molar-refractivity contribution in [3.05, 3.63) is 127 Å². The number of aromatic nitrogens is 3. The topological polar surface area (TPSA) is 98.4 Å². The molecule has 0 saturated carbocycles. The van der Waals surface area contributed by atoms with E-state index in [0.717, 1.165) is 69.4 Å². The maximum atomic E-state index is 14.0. The number of hydrogen-bond donors (Lipinski definition) is 3. The average Bonchev–Trinajstić information content (AvgIpc) is 3.88. The third kappa shape index (κ3) is 5.78. The molecule has 1 fully saturated rings. The highest BCUT2D eigenvalue weighted by atomic mass is 16.5. The molecule has 0 atom stereocenters. The number of carbonyl (C=O) groups excluding carboxylic acids is 2. The van der Waals surface area contributed by atoms with E-state index in [2.05, 4.69) is 43.0 Å². The standard InChI is InChI=1S/C38H34N6O3/c45-37(41-31-5-1-26-11-14-40-35(26)25-31)27-2-6-32(7-3-27)43-16-13-29-24-33(8-10-36(29)43)44(18-17-42-19-21-47-22-20-42)38(46)30-4-9-34-28(23-30)12-15-39-34/h1-16,23-25,39-40H,17-22H2,(H,41,45). The number of nitrogens with one attached hydrogen (secondary N) is 3. The lowest BCUT2D eigenvalue weighted by atomic mass is 10.1. The molecule has 1 aliphatic rings. The number of morpholine rings is 1. The smallest absolute Gasteiger partial charge is 0.258 e. The van der Waals surface area contributed by atoms with Crippen molar-refractivity contribution >= 4 is 55.9 Å². The molecule has 4 heterocycles. The SMILES string of the molecule is O=C(Nc1ccc2cc[nH]c2c1)c1ccc(-n2ccc3cc(N(CCN4CCOCC4)C(=O)c4ccc5[nH]ccc5c4)ccc32)cc1. The summed E-state index contributed by atoms with van der Waals surface area (Å²) in [5, 5.41) is 6.12. The molecule has 1 saturated heterocycles. The van der Waals surface area contributed by atoms with Gasteiger partial charge in [0.15, 0.2) is 0 Å². The molecule has 234 valence electrons. The zero-order chi connectivity index (χ0) is 31.7. The lowest BCUT2D eigenvalue weighted by Gasteiger charge is -2.30. The summed E-state index contributed by atoms with van der Waals surface area (Å²) in [4.78, 5) is 37.6. The Kier molecular flexibility index (Phi) is 7.53. The predicted molar refractivity (Wildman–Crippen MR) is 187 cm³/mol. The molecule has 9 heteroatoms. The Morgan fingerprint density at radius 3 is 2.38 bits per heavy atom. The number of amides is 2. The molecule has 3 aromatic heterocycles. The Morgan fingerprint density at radius 2 is 1.53 bits per heavy atom. The van der Waals surface area contributed by atoms with E-state index in [1.54, 1.807) is 0 Å². The van der Waals surface area contributed by atoms with Crippen molar-refractivity contribution in [1.82, 2.24) is 19.4 Å². The lowest BCUT2D eigenvalue weighted by molar-refractivity contribution is 0.0391. The number of nitrogens with zero attached hydrogens (tertiary/aromatic N) is 3. The third-order valence-corrected chi connectivity index (χ3v) is 8.99. The molecule has 3 N–H and O–H groups in total. The minimum absolute atomic E-state index is 0.0261. The van der Waals surface area contributed by atoms with E-state index in [1.165, 1.54) is 0 Å². The van der Waals surface area contributed by atoms with Crippen LogP contribution in [0.5, 0.6) is 0 Å². The largest absolute Gasteiger partial charge is 0.379 e. The molecular formula is C38H34N6O3. The highest BCUT2D eigenvalue weighted by Gasteiger charge is 2.21. The van der Waals surface area contributed by atoms with Crippen LogP contribution in [0.1, 0.15) is 20.7 Å². The van der Waals surface area contributed by atoms with E-state index in [9.17, 15) is 9.59 Å². The van der Waals surface area contributed by atoms with Crippen LogP contribution in [0.2, 0.25) is 0 Å². The van der Waals surface area contributed by atoms with E-state index in [0.29, 0.717) is 30.9 Å². The number of aromatic amines is 2. The van der Waals surface area contributed by atoms with Gasteiger partial charge in [-0.2, -0.15) is 0 Å².